The fraction of sp³-hybridized carbons (Fsp3) is 0.286. The van der Waals surface area contributed by atoms with Crippen LogP contribution in [0.15, 0.2) is 10.6 Å². The highest BCUT2D eigenvalue weighted by Gasteiger charge is 2.33. The zero-order chi connectivity index (χ0) is 14.6. The van der Waals surface area contributed by atoms with Crippen molar-refractivity contribution in [1.29, 1.82) is 0 Å². The molecule has 0 fully saturated rings. The SMILES string of the molecule is O=C(O)c1cc(-c2c3c(c(Cl)c4c2OCC4)OCC3)on1. The first kappa shape index (κ1) is 12.5. The van der Waals surface area contributed by atoms with Gasteiger partial charge in [-0.05, 0) is 0 Å². The van der Waals surface area contributed by atoms with E-state index in [2.05, 4.69) is 5.16 Å². The third-order valence-corrected chi connectivity index (χ3v) is 4.11. The van der Waals surface area contributed by atoms with Crippen molar-refractivity contribution in [2.75, 3.05) is 13.2 Å². The third kappa shape index (κ3) is 1.72. The number of halogens is 1. The molecule has 2 aromatic rings. The summed E-state index contributed by atoms with van der Waals surface area (Å²) in [6, 6.07) is 1.39. The average molecular weight is 308 g/mol. The number of ether oxygens (including phenoxy) is 2. The van der Waals surface area contributed by atoms with E-state index in [1.165, 1.54) is 6.07 Å². The second-order valence-corrected chi connectivity index (χ2v) is 5.26. The fourth-order valence-electron chi connectivity index (χ4n) is 2.81. The highest BCUT2D eigenvalue weighted by Crippen LogP contribution is 2.51. The molecule has 0 saturated carbocycles. The van der Waals surface area contributed by atoms with Gasteiger partial charge >= 0.3 is 5.97 Å². The van der Waals surface area contributed by atoms with Crippen molar-refractivity contribution in [3.05, 3.63) is 27.9 Å². The van der Waals surface area contributed by atoms with Crippen LogP contribution in [0, 0.1) is 0 Å². The van der Waals surface area contributed by atoms with E-state index in [9.17, 15) is 4.79 Å². The quantitative estimate of drug-likeness (QED) is 0.918. The van der Waals surface area contributed by atoms with Gasteiger partial charge in [-0.2, -0.15) is 0 Å². The van der Waals surface area contributed by atoms with E-state index in [-0.39, 0.29) is 5.69 Å². The monoisotopic (exact) mass is 307 g/mol. The molecule has 0 bridgehead atoms. The van der Waals surface area contributed by atoms with Crippen molar-refractivity contribution in [2.24, 2.45) is 0 Å². The van der Waals surface area contributed by atoms with Gasteiger partial charge in [0.15, 0.2) is 11.5 Å². The average Bonchev–Trinajstić information content (AvgIpc) is 3.19. The molecule has 108 valence electrons. The van der Waals surface area contributed by atoms with E-state index in [1.807, 2.05) is 0 Å². The van der Waals surface area contributed by atoms with Crippen LogP contribution in [0.25, 0.3) is 11.3 Å². The molecule has 2 aliphatic rings. The summed E-state index contributed by atoms with van der Waals surface area (Å²) in [5, 5.41) is 13.1. The smallest absolute Gasteiger partial charge is 0.358 e. The number of carboxylic acids is 1. The predicted molar refractivity (Wildman–Crippen MR) is 72.3 cm³/mol. The van der Waals surface area contributed by atoms with Crippen molar-refractivity contribution in [3.63, 3.8) is 0 Å². The highest BCUT2D eigenvalue weighted by molar-refractivity contribution is 6.33. The standard InChI is InChI=1S/C14H10ClNO5/c15-11-7-2-4-19-12(7)10(6-1-3-20-13(6)11)9-5-8(14(17)18)16-21-9/h5H,1-4H2,(H,17,18). The van der Waals surface area contributed by atoms with Gasteiger partial charge in [-0.3, -0.25) is 0 Å². The Labute approximate surface area is 124 Å². The van der Waals surface area contributed by atoms with E-state index < -0.39 is 5.97 Å². The number of aromatic carboxylic acids is 1. The van der Waals surface area contributed by atoms with Gasteiger partial charge in [0.2, 0.25) is 0 Å². The maximum absolute atomic E-state index is 11.0. The van der Waals surface area contributed by atoms with E-state index in [1.54, 1.807) is 0 Å². The summed E-state index contributed by atoms with van der Waals surface area (Å²) >= 11 is 6.37. The molecule has 0 amide bonds. The highest BCUT2D eigenvalue weighted by atomic mass is 35.5. The minimum absolute atomic E-state index is 0.139. The number of nitrogens with zero attached hydrogens (tertiary/aromatic N) is 1. The maximum Gasteiger partial charge on any atom is 0.358 e. The predicted octanol–water partition coefficient (Wildman–Crippen LogP) is 2.56. The molecule has 0 saturated heterocycles. The fourth-order valence-corrected chi connectivity index (χ4v) is 3.16. The zero-order valence-corrected chi connectivity index (χ0v) is 11.6. The van der Waals surface area contributed by atoms with Crippen molar-refractivity contribution in [1.82, 2.24) is 5.16 Å². The Morgan fingerprint density at radius 3 is 2.62 bits per heavy atom. The summed E-state index contributed by atoms with van der Waals surface area (Å²) < 4.78 is 16.5. The van der Waals surface area contributed by atoms with Crippen molar-refractivity contribution >= 4 is 17.6 Å². The van der Waals surface area contributed by atoms with Gasteiger partial charge in [-0.25, -0.2) is 4.79 Å². The summed E-state index contributed by atoms with van der Waals surface area (Å²) in [5.41, 5.74) is 2.33. The van der Waals surface area contributed by atoms with Crippen LogP contribution >= 0.6 is 11.6 Å². The molecule has 2 aliphatic heterocycles. The first-order chi connectivity index (χ1) is 10.2. The molecule has 3 heterocycles. The van der Waals surface area contributed by atoms with Gasteiger partial charge in [0.25, 0.3) is 0 Å². The Morgan fingerprint density at radius 1 is 1.19 bits per heavy atom. The Morgan fingerprint density at radius 2 is 1.90 bits per heavy atom. The Kier molecular flexibility index (Phi) is 2.62. The lowest BCUT2D eigenvalue weighted by atomic mass is 9.97. The number of hydrogen-bond donors (Lipinski definition) is 1. The minimum Gasteiger partial charge on any atom is -0.492 e. The van der Waals surface area contributed by atoms with Crippen molar-refractivity contribution in [2.45, 2.75) is 12.8 Å². The number of hydrogen-bond acceptors (Lipinski definition) is 5. The van der Waals surface area contributed by atoms with Crippen LogP contribution in [0.2, 0.25) is 5.02 Å². The van der Waals surface area contributed by atoms with Crippen LogP contribution in [0.5, 0.6) is 11.5 Å². The lowest BCUT2D eigenvalue weighted by Crippen LogP contribution is -1.95. The first-order valence-electron chi connectivity index (χ1n) is 6.50. The number of rotatable bonds is 2. The van der Waals surface area contributed by atoms with Gasteiger partial charge in [0.05, 0.1) is 23.8 Å². The molecule has 0 spiro atoms. The lowest BCUT2D eigenvalue weighted by Gasteiger charge is -2.12. The Balaban J connectivity index is 1.98. The van der Waals surface area contributed by atoms with Crippen LogP contribution in [0.1, 0.15) is 21.6 Å². The number of fused-ring (bicyclic) bond motifs is 2. The molecule has 7 heteroatoms. The molecule has 0 aliphatic carbocycles. The second kappa shape index (κ2) is 4.39. The molecule has 6 nitrogen and oxygen atoms in total. The van der Waals surface area contributed by atoms with Crippen molar-refractivity contribution < 1.29 is 23.9 Å². The van der Waals surface area contributed by atoms with Gasteiger partial charge in [-0.15, -0.1) is 0 Å². The van der Waals surface area contributed by atoms with Gasteiger partial charge < -0.3 is 19.1 Å². The molecule has 1 N–H and O–H groups in total. The van der Waals surface area contributed by atoms with Gasteiger partial charge in [0.1, 0.15) is 11.5 Å². The number of carboxylic acid groups (broad SMARTS) is 1. The van der Waals surface area contributed by atoms with Crippen LogP contribution in [-0.4, -0.2) is 29.4 Å². The van der Waals surface area contributed by atoms with E-state index in [0.717, 1.165) is 11.1 Å². The minimum atomic E-state index is -1.13. The Bertz CT molecular complexity index is 732. The molecule has 0 radical (unpaired) electrons. The van der Waals surface area contributed by atoms with Crippen LogP contribution in [0.3, 0.4) is 0 Å². The molecule has 1 aromatic heterocycles. The van der Waals surface area contributed by atoms with Crippen molar-refractivity contribution in [3.8, 4) is 22.8 Å². The number of benzene rings is 1. The summed E-state index contributed by atoms with van der Waals surface area (Å²) in [6.07, 6.45) is 1.36. The summed E-state index contributed by atoms with van der Waals surface area (Å²) in [5.74, 6) is 0.523. The molecule has 1 aromatic carbocycles. The van der Waals surface area contributed by atoms with Crippen LogP contribution < -0.4 is 9.47 Å². The van der Waals surface area contributed by atoms with E-state index in [4.69, 9.17) is 30.7 Å². The first-order valence-corrected chi connectivity index (χ1v) is 6.88. The van der Waals surface area contributed by atoms with Crippen LogP contribution in [-0.2, 0) is 12.8 Å². The van der Waals surface area contributed by atoms with Crippen LogP contribution in [0.4, 0.5) is 0 Å². The second-order valence-electron chi connectivity index (χ2n) is 4.88. The molecule has 0 unspecified atom stereocenters. The van der Waals surface area contributed by atoms with E-state index >= 15 is 0 Å². The number of carbonyl (C=O) groups is 1. The molecule has 0 atom stereocenters. The third-order valence-electron chi connectivity index (χ3n) is 3.71. The molecule has 21 heavy (non-hydrogen) atoms. The van der Waals surface area contributed by atoms with E-state index in [0.29, 0.717) is 53.9 Å². The lowest BCUT2D eigenvalue weighted by molar-refractivity contribution is 0.0686. The summed E-state index contributed by atoms with van der Waals surface area (Å²) in [7, 11) is 0. The molecular weight excluding hydrogens is 298 g/mol. The zero-order valence-electron chi connectivity index (χ0n) is 10.8. The Hall–Kier alpha value is -2.21. The maximum atomic E-state index is 11.0. The summed E-state index contributed by atoms with van der Waals surface area (Å²) in [6.45, 7) is 1.07. The topological polar surface area (TPSA) is 81.8 Å². The number of aromatic nitrogens is 1. The van der Waals surface area contributed by atoms with Gasteiger partial charge in [-0.1, -0.05) is 16.8 Å². The molecular formula is C14H10ClNO5. The van der Waals surface area contributed by atoms with Gasteiger partial charge in [0, 0.05) is 30.0 Å². The summed E-state index contributed by atoms with van der Waals surface area (Å²) in [4.78, 5) is 11.0. The normalized spacial score (nSPS) is 15.3. The molecule has 4 rings (SSSR count). The largest absolute Gasteiger partial charge is 0.492 e.